The monoisotopic (exact) mass is 255 g/mol. The molecule has 0 aliphatic carbocycles. The summed E-state index contributed by atoms with van der Waals surface area (Å²) >= 11 is 0. The van der Waals surface area contributed by atoms with Crippen LogP contribution < -0.4 is 0 Å². The molecule has 0 radical (unpaired) electrons. The van der Waals surface area contributed by atoms with Crippen molar-refractivity contribution in [2.45, 2.75) is 32.4 Å². The van der Waals surface area contributed by atoms with E-state index in [1.807, 2.05) is 12.5 Å². The van der Waals surface area contributed by atoms with Gasteiger partial charge in [0.15, 0.2) is 0 Å². The maximum atomic E-state index is 4.22. The predicted octanol–water partition coefficient (Wildman–Crippen LogP) is 2.71. The highest BCUT2D eigenvalue weighted by molar-refractivity contribution is 5.35. The van der Waals surface area contributed by atoms with Gasteiger partial charge in [-0.1, -0.05) is 24.3 Å². The highest BCUT2D eigenvalue weighted by Crippen LogP contribution is 2.35. The van der Waals surface area contributed by atoms with E-state index in [1.54, 1.807) is 0 Å². The van der Waals surface area contributed by atoms with Crippen molar-refractivity contribution in [2.24, 2.45) is 7.05 Å². The van der Waals surface area contributed by atoms with Crippen LogP contribution in [0.4, 0.5) is 0 Å². The van der Waals surface area contributed by atoms with E-state index >= 15 is 0 Å². The van der Waals surface area contributed by atoms with Crippen LogP contribution in [0.5, 0.6) is 0 Å². The smallest absolute Gasteiger partial charge is 0.0945 e. The normalized spacial score (nSPS) is 18.3. The van der Waals surface area contributed by atoms with Crippen LogP contribution in [0.25, 0.3) is 0 Å². The van der Waals surface area contributed by atoms with Crippen molar-refractivity contribution in [3.05, 3.63) is 53.6 Å². The molecule has 1 aliphatic rings. The summed E-state index contributed by atoms with van der Waals surface area (Å²) < 4.78 is 2.11. The molecule has 3 rings (SSSR count). The van der Waals surface area contributed by atoms with Gasteiger partial charge in [-0.05, 0) is 31.4 Å². The Hall–Kier alpha value is -1.61. The van der Waals surface area contributed by atoms with Crippen LogP contribution >= 0.6 is 0 Å². The quantitative estimate of drug-likeness (QED) is 0.822. The number of benzene rings is 1. The summed E-state index contributed by atoms with van der Waals surface area (Å²) in [6.07, 6.45) is 4.98. The topological polar surface area (TPSA) is 21.1 Å². The van der Waals surface area contributed by atoms with E-state index in [-0.39, 0.29) is 5.54 Å². The molecular weight excluding hydrogens is 234 g/mol. The summed E-state index contributed by atoms with van der Waals surface area (Å²) in [6.45, 7) is 6.70. The number of fused-ring (bicyclic) bond motifs is 1. The van der Waals surface area contributed by atoms with Gasteiger partial charge in [-0.2, -0.15) is 0 Å². The first-order valence-electron chi connectivity index (χ1n) is 6.87. The Labute approximate surface area is 114 Å². The third-order valence-electron chi connectivity index (χ3n) is 4.39. The van der Waals surface area contributed by atoms with E-state index < -0.39 is 0 Å². The molecule has 100 valence electrons. The number of hydrogen-bond donors (Lipinski definition) is 0. The van der Waals surface area contributed by atoms with Gasteiger partial charge in [-0.15, -0.1) is 0 Å². The summed E-state index contributed by atoms with van der Waals surface area (Å²) in [7, 11) is 2.06. The van der Waals surface area contributed by atoms with Crippen molar-refractivity contribution in [3.63, 3.8) is 0 Å². The molecule has 0 atom stereocenters. The van der Waals surface area contributed by atoms with E-state index in [4.69, 9.17) is 0 Å². The second-order valence-corrected chi connectivity index (χ2v) is 5.88. The van der Waals surface area contributed by atoms with E-state index in [1.165, 1.54) is 16.8 Å². The highest BCUT2D eigenvalue weighted by Gasteiger charge is 2.34. The second kappa shape index (κ2) is 4.49. The molecule has 2 aromatic rings. The Balaban J connectivity index is 1.91. The van der Waals surface area contributed by atoms with Crippen molar-refractivity contribution in [1.82, 2.24) is 14.5 Å². The van der Waals surface area contributed by atoms with Gasteiger partial charge in [0, 0.05) is 31.9 Å². The predicted molar refractivity (Wildman–Crippen MR) is 76.8 cm³/mol. The molecule has 19 heavy (non-hydrogen) atoms. The molecule has 0 saturated heterocycles. The van der Waals surface area contributed by atoms with Crippen LogP contribution in [0.1, 0.15) is 30.7 Å². The van der Waals surface area contributed by atoms with Gasteiger partial charge >= 0.3 is 0 Å². The molecule has 0 unspecified atom stereocenters. The van der Waals surface area contributed by atoms with Gasteiger partial charge in [0.05, 0.1) is 12.0 Å². The number of rotatable bonds is 2. The summed E-state index contributed by atoms with van der Waals surface area (Å²) in [5.41, 5.74) is 4.31. The zero-order chi connectivity index (χ0) is 13.5. The Morgan fingerprint density at radius 1 is 1.26 bits per heavy atom. The van der Waals surface area contributed by atoms with Gasteiger partial charge in [-0.25, -0.2) is 4.98 Å². The minimum atomic E-state index is 0.0825. The van der Waals surface area contributed by atoms with Crippen LogP contribution in [-0.2, 0) is 25.6 Å². The number of nitrogens with zero attached hydrogens (tertiary/aromatic N) is 3. The summed E-state index contributed by atoms with van der Waals surface area (Å²) in [5.74, 6) is 0. The Kier molecular flexibility index (Phi) is 2.94. The van der Waals surface area contributed by atoms with Crippen molar-refractivity contribution < 1.29 is 0 Å². The molecule has 1 aromatic heterocycles. The fourth-order valence-corrected chi connectivity index (χ4v) is 3.05. The van der Waals surface area contributed by atoms with Crippen molar-refractivity contribution in [1.29, 1.82) is 0 Å². The molecule has 0 amide bonds. The molecule has 3 nitrogen and oxygen atoms in total. The van der Waals surface area contributed by atoms with E-state index in [0.29, 0.717) is 0 Å². The van der Waals surface area contributed by atoms with Crippen LogP contribution in [0.3, 0.4) is 0 Å². The first-order valence-corrected chi connectivity index (χ1v) is 6.87. The molecule has 0 saturated carbocycles. The lowest BCUT2D eigenvalue weighted by Gasteiger charge is -2.44. The largest absolute Gasteiger partial charge is 0.337 e. The number of hydrogen-bond acceptors (Lipinski definition) is 2. The van der Waals surface area contributed by atoms with Gasteiger partial charge in [0.25, 0.3) is 0 Å². The van der Waals surface area contributed by atoms with Gasteiger partial charge in [0.1, 0.15) is 0 Å². The molecular formula is C16H21N3. The number of imidazole rings is 1. The Bertz CT molecular complexity index is 583. The van der Waals surface area contributed by atoms with Crippen LogP contribution in [0, 0.1) is 0 Å². The Morgan fingerprint density at radius 3 is 2.79 bits per heavy atom. The van der Waals surface area contributed by atoms with Crippen molar-refractivity contribution in [3.8, 4) is 0 Å². The third kappa shape index (κ3) is 2.08. The minimum Gasteiger partial charge on any atom is -0.337 e. The fraction of sp³-hybridized carbons (Fsp3) is 0.438. The summed E-state index contributed by atoms with van der Waals surface area (Å²) in [5, 5.41) is 0. The first-order chi connectivity index (χ1) is 9.09. The highest BCUT2D eigenvalue weighted by atomic mass is 15.2. The lowest BCUT2D eigenvalue weighted by Crippen LogP contribution is -2.46. The molecule has 0 bridgehead atoms. The first kappa shape index (κ1) is 12.4. The molecule has 1 aliphatic heterocycles. The number of aryl methyl sites for hydroxylation is 1. The van der Waals surface area contributed by atoms with E-state index in [2.05, 4.69) is 59.6 Å². The lowest BCUT2D eigenvalue weighted by atomic mass is 9.83. The maximum Gasteiger partial charge on any atom is 0.0945 e. The van der Waals surface area contributed by atoms with Gasteiger partial charge < -0.3 is 4.57 Å². The Morgan fingerprint density at radius 2 is 2.05 bits per heavy atom. The zero-order valence-electron chi connectivity index (χ0n) is 11.9. The van der Waals surface area contributed by atoms with Crippen LogP contribution in [0.15, 0.2) is 36.8 Å². The van der Waals surface area contributed by atoms with Gasteiger partial charge in [-0.3, -0.25) is 4.90 Å². The summed E-state index contributed by atoms with van der Waals surface area (Å²) in [6, 6.07) is 8.82. The molecule has 0 fully saturated rings. The standard InChI is InChI=1S/C16H21N3/c1-16(2)15-7-5-4-6-13(15)8-9-19(16)11-14-10-17-12-18(14)3/h4-7,10,12H,8-9,11H2,1-3H3. The average Bonchev–Trinajstić information content (AvgIpc) is 2.79. The maximum absolute atomic E-state index is 4.22. The minimum absolute atomic E-state index is 0.0825. The zero-order valence-corrected chi connectivity index (χ0v) is 11.9. The number of aromatic nitrogens is 2. The average molecular weight is 255 g/mol. The van der Waals surface area contributed by atoms with Crippen molar-refractivity contribution in [2.75, 3.05) is 6.54 Å². The summed E-state index contributed by atoms with van der Waals surface area (Å²) in [4.78, 5) is 6.76. The molecule has 0 N–H and O–H groups in total. The second-order valence-electron chi connectivity index (χ2n) is 5.88. The van der Waals surface area contributed by atoms with Crippen molar-refractivity contribution >= 4 is 0 Å². The molecule has 0 spiro atoms. The van der Waals surface area contributed by atoms with E-state index in [0.717, 1.165) is 19.5 Å². The lowest BCUT2D eigenvalue weighted by molar-refractivity contribution is 0.0957. The van der Waals surface area contributed by atoms with Crippen LogP contribution in [-0.4, -0.2) is 21.0 Å². The van der Waals surface area contributed by atoms with Gasteiger partial charge in [0.2, 0.25) is 0 Å². The fourth-order valence-electron chi connectivity index (χ4n) is 3.05. The SMILES string of the molecule is Cn1cncc1CN1CCc2ccccc2C1(C)C. The molecule has 2 heterocycles. The molecule has 3 heteroatoms. The molecule has 1 aromatic carbocycles. The van der Waals surface area contributed by atoms with Crippen LogP contribution in [0.2, 0.25) is 0 Å². The van der Waals surface area contributed by atoms with E-state index in [9.17, 15) is 0 Å². The third-order valence-corrected chi connectivity index (χ3v) is 4.39.